The van der Waals surface area contributed by atoms with E-state index in [2.05, 4.69) is 32.0 Å². The van der Waals surface area contributed by atoms with Crippen LogP contribution in [0.15, 0.2) is 18.2 Å². The number of hydrogen-bond acceptors (Lipinski definition) is 2. The Morgan fingerprint density at radius 3 is 2.58 bits per heavy atom. The smallest absolute Gasteiger partial charge is 0.222 e. The fraction of sp³-hybridized carbons (Fsp3) is 0.562. The molecular weight excluding hydrogens is 236 g/mol. The first-order valence-corrected chi connectivity index (χ1v) is 6.94. The Bertz CT molecular complexity index is 429. The van der Waals surface area contributed by atoms with Gasteiger partial charge in [0.15, 0.2) is 0 Å². The highest BCUT2D eigenvalue weighted by atomic mass is 16.2. The van der Waals surface area contributed by atoms with Gasteiger partial charge in [-0.3, -0.25) is 4.79 Å². The molecule has 0 spiro atoms. The van der Waals surface area contributed by atoms with E-state index in [1.807, 2.05) is 14.0 Å². The van der Waals surface area contributed by atoms with Gasteiger partial charge in [-0.25, -0.2) is 0 Å². The molecule has 1 rings (SSSR count). The number of benzene rings is 1. The highest BCUT2D eigenvalue weighted by molar-refractivity contribution is 5.76. The largest absolute Gasteiger partial charge is 0.345 e. The zero-order valence-corrected chi connectivity index (χ0v) is 12.6. The van der Waals surface area contributed by atoms with Crippen LogP contribution in [0.1, 0.15) is 30.0 Å². The van der Waals surface area contributed by atoms with Crippen molar-refractivity contribution in [3.8, 4) is 0 Å². The standard InChI is InChI=1S/C16H26N2O/c1-12(11-17)9-16(19)18(4)8-7-15-6-5-13(2)14(3)10-15/h5-6,10,12H,7-9,11,17H2,1-4H3. The van der Waals surface area contributed by atoms with Crippen molar-refractivity contribution in [2.75, 3.05) is 20.1 Å². The molecule has 0 aliphatic rings. The van der Waals surface area contributed by atoms with Gasteiger partial charge in [0.1, 0.15) is 0 Å². The Balaban J connectivity index is 2.47. The third-order valence-corrected chi connectivity index (χ3v) is 3.66. The quantitative estimate of drug-likeness (QED) is 0.855. The lowest BCUT2D eigenvalue weighted by Crippen LogP contribution is -2.31. The van der Waals surface area contributed by atoms with E-state index in [9.17, 15) is 4.79 Å². The molecule has 0 aliphatic carbocycles. The van der Waals surface area contributed by atoms with Crippen LogP contribution in [0.5, 0.6) is 0 Å². The molecule has 0 saturated heterocycles. The Hall–Kier alpha value is -1.35. The first-order chi connectivity index (χ1) is 8.93. The molecule has 0 saturated carbocycles. The van der Waals surface area contributed by atoms with Crippen LogP contribution in [0.3, 0.4) is 0 Å². The molecule has 2 N–H and O–H groups in total. The second-order valence-corrected chi connectivity index (χ2v) is 5.53. The van der Waals surface area contributed by atoms with Crippen LogP contribution in [0, 0.1) is 19.8 Å². The SMILES string of the molecule is Cc1ccc(CCN(C)C(=O)CC(C)CN)cc1C. The molecule has 1 amide bonds. The molecule has 1 atom stereocenters. The lowest BCUT2D eigenvalue weighted by molar-refractivity contribution is -0.130. The molecule has 0 fully saturated rings. The predicted molar refractivity (Wildman–Crippen MR) is 80.1 cm³/mol. The molecule has 0 aliphatic heterocycles. The lowest BCUT2D eigenvalue weighted by atomic mass is 10.0. The maximum Gasteiger partial charge on any atom is 0.222 e. The van der Waals surface area contributed by atoms with Crippen LogP contribution in [-0.2, 0) is 11.2 Å². The van der Waals surface area contributed by atoms with Crippen LogP contribution in [0.25, 0.3) is 0 Å². The molecule has 1 unspecified atom stereocenters. The van der Waals surface area contributed by atoms with Crippen molar-refractivity contribution in [3.05, 3.63) is 34.9 Å². The van der Waals surface area contributed by atoms with Gasteiger partial charge in [-0.2, -0.15) is 0 Å². The van der Waals surface area contributed by atoms with Crippen molar-refractivity contribution in [3.63, 3.8) is 0 Å². The minimum absolute atomic E-state index is 0.182. The van der Waals surface area contributed by atoms with Gasteiger partial charge in [0, 0.05) is 20.0 Å². The molecule has 0 bridgehead atoms. The molecule has 1 aromatic rings. The monoisotopic (exact) mass is 262 g/mol. The summed E-state index contributed by atoms with van der Waals surface area (Å²) in [6.07, 6.45) is 1.44. The molecule has 3 nitrogen and oxygen atoms in total. The van der Waals surface area contributed by atoms with E-state index in [1.165, 1.54) is 16.7 Å². The van der Waals surface area contributed by atoms with Crippen molar-refractivity contribution in [2.24, 2.45) is 11.7 Å². The summed E-state index contributed by atoms with van der Waals surface area (Å²) in [7, 11) is 1.87. The summed E-state index contributed by atoms with van der Waals surface area (Å²) in [5.74, 6) is 0.443. The molecule has 0 heterocycles. The van der Waals surface area contributed by atoms with Gasteiger partial charge in [0.05, 0.1) is 0 Å². The summed E-state index contributed by atoms with van der Waals surface area (Å²) >= 11 is 0. The average Bonchev–Trinajstić information content (AvgIpc) is 2.39. The van der Waals surface area contributed by atoms with Crippen molar-refractivity contribution in [2.45, 2.75) is 33.6 Å². The van der Waals surface area contributed by atoms with Gasteiger partial charge in [0.25, 0.3) is 0 Å². The molecule has 3 heteroatoms. The maximum atomic E-state index is 11.9. The van der Waals surface area contributed by atoms with Crippen molar-refractivity contribution < 1.29 is 4.79 Å². The fourth-order valence-corrected chi connectivity index (χ4v) is 1.92. The second-order valence-electron chi connectivity index (χ2n) is 5.53. The summed E-state index contributed by atoms with van der Waals surface area (Å²) in [5, 5.41) is 0. The van der Waals surface area contributed by atoms with Crippen molar-refractivity contribution in [1.29, 1.82) is 0 Å². The third-order valence-electron chi connectivity index (χ3n) is 3.66. The number of amides is 1. The van der Waals surface area contributed by atoms with Crippen LogP contribution in [-0.4, -0.2) is 30.9 Å². The van der Waals surface area contributed by atoms with Crippen molar-refractivity contribution >= 4 is 5.91 Å². The molecule has 106 valence electrons. The van der Waals surface area contributed by atoms with E-state index < -0.39 is 0 Å². The zero-order valence-electron chi connectivity index (χ0n) is 12.6. The summed E-state index contributed by atoms with van der Waals surface area (Å²) in [4.78, 5) is 13.7. The number of hydrogen-bond donors (Lipinski definition) is 1. The Morgan fingerprint density at radius 2 is 2.00 bits per heavy atom. The van der Waals surface area contributed by atoms with Gasteiger partial charge < -0.3 is 10.6 Å². The Kier molecular flexibility index (Phi) is 6.03. The van der Waals surface area contributed by atoms with Gasteiger partial charge >= 0.3 is 0 Å². The van der Waals surface area contributed by atoms with E-state index in [0.29, 0.717) is 13.0 Å². The van der Waals surface area contributed by atoms with E-state index in [0.717, 1.165) is 13.0 Å². The van der Waals surface area contributed by atoms with Crippen LogP contribution in [0.2, 0.25) is 0 Å². The van der Waals surface area contributed by atoms with Crippen molar-refractivity contribution in [1.82, 2.24) is 4.90 Å². The third kappa shape index (κ3) is 5.03. The summed E-state index contributed by atoms with van der Waals surface area (Å²) in [5.41, 5.74) is 9.45. The van der Waals surface area contributed by atoms with E-state index in [1.54, 1.807) is 4.90 Å². The van der Waals surface area contributed by atoms with Gasteiger partial charge in [-0.1, -0.05) is 25.1 Å². The van der Waals surface area contributed by atoms with Gasteiger partial charge in [-0.15, -0.1) is 0 Å². The Morgan fingerprint density at radius 1 is 1.32 bits per heavy atom. The van der Waals surface area contributed by atoms with E-state index >= 15 is 0 Å². The molecule has 0 radical (unpaired) electrons. The van der Waals surface area contributed by atoms with Gasteiger partial charge in [-0.05, 0) is 49.4 Å². The Labute approximate surface area is 116 Å². The lowest BCUT2D eigenvalue weighted by Gasteiger charge is -2.19. The number of nitrogens with two attached hydrogens (primary N) is 1. The average molecular weight is 262 g/mol. The maximum absolute atomic E-state index is 11.9. The molecular formula is C16H26N2O. The molecule has 1 aromatic carbocycles. The summed E-state index contributed by atoms with van der Waals surface area (Å²) in [6.45, 7) is 7.57. The number of rotatable bonds is 6. The van der Waals surface area contributed by atoms with E-state index in [-0.39, 0.29) is 11.8 Å². The fourth-order valence-electron chi connectivity index (χ4n) is 1.92. The minimum atomic E-state index is 0.182. The second kappa shape index (κ2) is 7.29. The van der Waals surface area contributed by atoms with Gasteiger partial charge in [0.2, 0.25) is 5.91 Å². The summed E-state index contributed by atoms with van der Waals surface area (Å²) in [6, 6.07) is 6.49. The number of aryl methyl sites for hydroxylation is 2. The highest BCUT2D eigenvalue weighted by Crippen LogP contribution is 2.11. The number of likely N-dealkylation sites (N-methyl/N-ethyl adjacent to an activating group) is 1. The highest BCUT2D eigenvalue weighted by Gasteiger charge is 2.12. The first kappa shape index (κ1) is 15.7. The predicted octanol–water partition coefficient (Wildman–Crippen LogP) is 2.29. The normalized spacial score (nSPS) is 12.3. The first-order valence-electron chi connectivity index (χ1n) is 6.94. The minimum Gasteiger partial charge on any atom is -0.345 e. The number of carbonyl (C=O) groups excluding carboxylic acids is 1. The number of carbonyl (C=O) groups is 1. The topological polar surface area (TPSA) is 46.3 Å². The van der Waals surface area contributed by atoms with E-state index in [4.69, 9.17) is 5.73 Å². The molecule has 19 heavy (non-hydrogen) atoms. The van der Waals surface area contributed by atoms with Crippen LogP contribution in [0.4, 0.5) is 0 Å². The number of nitrogens with zero attached hydrogens (tertiary/aromatic N) is 1. The van der Waals surface area contributed by atoms with Crippen LogP contribution >= 0.6 is 0 Å². The summed E-state index contributed by atoms with van der Waals surface area (Å²) < 4.78 is 0. The zero-order chi connectivity index (χ0) is 14.4. The molecule has 0 aromatic heterocycles. The van der Waals surface area contributed by atoms with Crippen LogP contribution < -0.4 is 5.73 Å².